The topological polar surface area (TPSA) is 127 Å². The standard InChI is InChI=1S/C20H22O8/c1-11(2)17(23)15(21)9-27-19(25)13-7-5-6-8-14(13)20(26)28-10-16(22)18(24)12(3)4/h5-8,15-16,21-22H,1,3,9-10H2,2,4H3. The predicted octanol–water partition coefficient (Wildman–Crippen LogP) is 1.01. The molecule has 0 aromatic heterocycles. The smallest absolute Gasteiger partial charge is 0.339 e. The molecule has 1 aromatic carbocycles. The second kappa shape index (κ2) is 10.3. The van der Waals surface area contributed by atoms with Crippen LogP contribution in [0.4, 0.5) is 0 Å². The van der Waals surface area contributed by atoms with Crippen LogP contribution < -0.4 is 0 Å². The van der Waals surface area contributed by atoms with Gasteiger partial charge in [0.15, 0.2) is 23.8 Å². The lowest BCUT2D eigenvalue weighted by Gasteiger charge is -2.13. The summed E-state index contributed by atoms with van der Waals surface area (Å²) >= 11 is 0. The highest BCUT2D eigenvalue weighted by atomic mass is 16.5. The summed E-state index contributed by atoms with van der Waals surface area (Å²) in [7, 11) is 0. The van der Waals surface area contributed by atoms with Crippen molar-refractivity contribution < 1.29 is 38.9 Å². The molecule has 0 fully saturated rings. The zero-order chi connectivity index (χ0) is 21.4. The number of hydrogen-bond donors (Lipinski definition) is 2. The number of ether oxygens (including phenoxy) is 2. The highest BCUT2D eigenvalue weighted by Gasteiger charge is 2.24. The molecule has 0 amide bonds. The lowest BCUT2D eigenvalue weighted by molar-refractivity contribution is -0.125. The van der Waals surface area contributed by atoms with Crippen molar-refractivity contribution in [2.75, 3.05) is 13.2 Å². The van der Waals surface area contributed by atoms with Crippen molar-refractivity contribution in [1.82, 2.24) is 0 Å². The molecular formula is C20H22O8. The maximum absolute atomic E-state index is 12.2. The second-order valence-corrected chi connectivity index (χ2v) is 6.06. The fourth-order valence-electron chi connectivity index (χ4n) is 2.02. The van der Waals surface area contributed by atoms with E-state index in [1.807, 2.05) is 0 Å². The fraction of sp³-hybridized carbons (Fsp3) is 0.300. The van der Waals surface area contributed by atoms with E-state index in [1.165, 1.54) is 38.1 Å². The SMILES string of the molecule is C=C(C)C(=O)C(O)COC(=O)c1ccccc1C(=O)OCC(O)C(=O)C(=C)C. The first-order valence-corrected chi connectivity index (χ1v) is 8.25. The van der Waals surface area contributed by atoms with Gasteiger partial charge in [0.1, 0.15) is 13.2 Å². The number of benzene rings is 1. The molecule has 2 atom stereocenters. The number of hydrogen-bond acceptors (Lipinski definition) is 8. The average molecular weight is 390 g/mol. The summed E-state index contributed by atoms with van der Waals surface area (Å²) < 4.78 is 9.75. The van der Waals surface area contributed by atoms with Crippen LogP contribution in [-0.4, -0.2) is 59.1 Å². The summed E-state index contributed by atoms with van der Waals surface area (Å²) in [5.74, 6) is -3.26. The Labute approximate surface area is 162 Å². The summed E-state index contributed by atoms with van der Waals surface area (Å²) in [6.45, 7) is 8.39. The first-order valence-electron chi connectivity index (χ1n) is 8.25. The predicted molar refractivity (Wildman–Crippen MR) is 98.7 cm³/mol. The third kappa shape index (κ3) is 6.26. The number of rotatable bonds is 10. The Morgan fingerprint density at radius 2 is 1.14 bits per heavy atom. The van der Waals surface area contributed by atoms with E-state index < -0.39 is 48.9 Å². The van der Waals surface area contributed by atoms with Gasteiger partial charge in [-0.25, -0.2) is 9.59 Å². The van der Waals surface area contributed by atoms with Crippen LogP contribution in [0.25, 0.3) is 0 Å². The van der Waals surface area contributed by atoms with Crippen LogP contribution in [0.5, 0.6) is 0 Å². The van der Waals surface area contributed by atoms with Gasteiger partial charge < -0.3 is 19.7 Å². The third-order valence-corrected chi connectivity index (χ3v) is 3.56. The Morgan fingerprint density at radius 3 is 1.43 bits per heavy atom. The Balaban J connectivity index is 2.80. The Kier molecular flexibility index (Phi) is 8.43. The molecular weight excluding hydrogens is 368 g/mol. The minimum Gasteiger partial charge on any atom is -0.459 e. The van der Waals surface area contributed by atoms with Crippen molar-refractivity contribution in [3.05, 3.63) is 59.7 Å². The van der Waals surface area contributed by atoms with Crippen molar-refractivity contribution in [3.8, 4) is 0 Å². The summed E-state index contributed by atoms with van der Waals surface area (Å²) in [5, 5.41) is 19.3. The number of esters is 2. The van der Waals surface area contributed by atoms with Gasteiger partial charge in [-0.3, -0.25) is 9.59 Å². The Morgan fingerprint density at radius 1 is 0.821 bits per heavy atom. The van der Waals surface area contributed by atoms with Crippen LogP contribution in [0.15, 0.2) is 48.6 Å². The van der Waals surface area contributed by atoms with E-state index >= 15 is 0 Å². The van der Waals surface area contributed by atoms with Gasteiger partial charge in [0, 0.05) is 0 Å². The molecule has 0 spiro atoms. The van der Waals surface area contributed by atoms with Crippen LogP contribution in [0, 0.1) is 0 Å². The number of aliphatic hydroxyl groups excluding tert-OH is 2. The minimum atomic E-state index is -1.57. The number of Topliss-reactive ketones (excluding diaryl/α,β-unsaturated/α-hetero) is 2. The molecule has 28 heavy (non-hydrogen) atoms. The van der Waals surface area contributed by atoms with Gasteiger partial charge in [-0.15, -0.1) is 0 Å². The van der Waals surface area contributed by atoms with Crippen LogP contribution in [0.2, 0.25) is 0 Å². The number of carbonyl (C=O) groups is 4. The van der Waals surface area contributed by atoms with E-state index in [-0.39, 0.29) is 22.3 Å². The number of ketones is 2. The van der Waals surface area contributed by atoms with Gasteiger partial charge >= 0.3 is 11.9 Å². The van der Waals surface area contributed by atoms with Gasteiger partial charge in [-0.05, 0) is 37.1 Å². The lowest BCUT2D eigenvalue weighted by atomic mass is 10.1. The molecule has 2 unspecified atom stereocenters. The summed E-state index contributed by atoms with van der Waals surface area (Å²) in [6.07, 6.45) is -3.13. The second-order valence-electron chi connectivity index (χ2n) is 6.06. The van der Waals surface area contributed by atoms with E-state index in [4.69, 9.17) is 9.47 Å². The molecule has 8 nitrogen and oxygen atoms in total. The quantitative estimate of drug-likeness (QED) is 0.448. The molecule has 150 valence electrons. The summed E-state index contributed by atoms with van der Waals surface area (Å²) in [4.78, 5) is 47.5. The Bertz CT molecular complexity index is 741. The van der Waals surface area contributed by atoms with E-state index in [1.54, 1.807) is 0 Å². The molecule has 1 rings (SSSR count). The molecule has 0 bridgehead atoms. The van der Waals surface area contributed by atoms with Crippen molar-refractivity contribution in [2.45, 2.75) is 26.1 Å². The summed E-state index contributed by atoms with van der Waals surface area (Å²) in [6, 6.07) is 5.53. The van der Waals surface area contributed by atoms with Gasteiger partial charge in [0.25, 0.3) is 0 Å². The normalized spacial score (nSPS) is 12.4. The van der Waals surface area contributed by atoms with Gasteiger partial charge in [0.2, 0.25) is 0 Å². The van der Waals surface area contributed by atoms with Crippen LogP contribution in [0.3, 0.4) is 0 Å². The van der Waals surface area contributed by atoms with E-state index in [0.29, 0.717) is 0 Å². The molecule has 0 aliphatic rings. The van der Waals surface area contributed by atoms with Gasteiger partial charge in [-0.1, -0.05) is 25.3 Å². The largest absolute Gasteiger partial charge is 0.459 e. The number of aliphatic hydroxyl groups is 2. The first-order chi connectivity index (χ1) is 13.1. The molecule has 0 aliphatic heterocycles. The van der Waals surface area contributed by atoms with Crippen molar-refractivity contribution in [1.29, 1.82) is 0 Å². The zero-order valence-corrected chi connectivity index (χ0v) is 15.6. The maximum atomic E-state index is 12.2. The first kappa shape index (κ1) is 22.9. The third-order valence-electron chi connectivity index (χ3n) is 3.56. The number of carbonyl (C=O) groups excluding carboxylic acids is 4. The van der Waals surface area contributed by atoms with E-state index in [0.717, 1.165) is 0 Å². The summed E-state index contributed by atoms with van der Waals surface area (Å²) in [5.41, 5.74) is -0.114. The van der Waals surface area contributed by atoms with Gasteiger partial charge in [0.05, 0.1) is 11.1 Å². The van der Waals surface area contributed by atoms with Crippen molar-refractivity contribution in [3.63, 3.8) is 0 Å². The molecule has 8 heteroatoms. The van der Waals surface area contributed by atoms with Crippen molar-refractivity contribution >= 4 is 23.5 Å². The fourth-order valence-corrected chi connectivity index (χ4v) is 2.02. The molecule has 1 aromatic rings. The minimum absolute atomic E-state index is 0.107. The van der Waals surface area contributed by atoms with Gasteiger partial charge in [-0.2, -0.15) is 0 Å². The molecule has 2 N–H and O–H groups in total. The van der Waals surface area contributed by atoms with E-state index in [2.05, 4.69) is 13.2 Å². The van der Waals surface area contributed by atoms with E-state index in [9.17, 15) is 29.4 Å². The van der Waals surface area contributed by atoms with Crippen LogP contribution in [-0.2, 0) is 19.1 Å². The Hall–Kier alpha value is -3.10. The lowest BCUT2D eigenvalue weighted by Crippen LogP contribution is -2.29. The highest BCUT2D eigenvalue weighted by Crippen LogP contribution is 2.13. The van der Waals surface area contributed by atoms with Crippen LogP contribution >= 0.6 is 0 Å². The highest BCUT2D eigenvalue weighted by molar-refractivity contribution is 6.03. The molecule has 0 aliphatic carbocycles. The monoisotopic (exact) mass is 390 g/mol. The van der Waals surface area contributed by atoms with Crippen molar-refractivity contribution in [2.24, 2.45) is 0 Å². The van der Waals surface area contributed by atoms with Crippen LogP contribution in [0.1, 0.15) is 34.6 Å². The molecule has 0 saturated heterocycles. The molecule has 0 saturated carbocycles. The maximum Gasteiger partial charge on any atom is 0.339 e. The average Bonchev–Trinajstić information content (AvgIpc) is 2.68. The molecule has 0 heterocycles. The zero-order valence-electron chi connectivity index (χ0n) is 15.6. The molecule has 0 radical (unpaired) electrons.